The van der Waals surface area contributed by atoms with Gasteiger partial charge in [-0.1, -0.05) is 0 Å². The van der Waals surface area contributed by atoms with Gasteiger partial charge < -0.3 is 10.6 Å². The van der Waals surface area contributed by atoms with Gasteiger partial charge in [0.15, 0.2) is 0 Å². The maximum absolute atomic E-state index is 12.1. The number of nitrogens with zero attached hydrogens (tertiary/aromatic N) is 2. The number of hydrogen-bond donors (Lipinski definition) is 2. The van der Waals surface area contributed by atoms with Gasteiger partial charge in [0.25, 0.3) is 5.91 Å². The second-order valence-corrected chi connectivity index (χ2v) is 4.48. The van der Waals surface area contributed by atoms with E-state index in [2.05, 4.69) is 15.7 Å². The molecule has 1 aromatic carbocycles. The molecule has 2 amide bonds. The Morgan fingerprint density at radius 3 is 2.10 bits per heavy atom. The number of hydrogen-bond acceptors (Lipinski definition) is 3. The molecule has 1 heterocycles. The van der Waals surface area contributed by atoms with Crippen LogP contribution in [0.3, 0.4) is 0 Å². The van der Waals surface area contributed by atoms with Crippen LogP contribution in [-0.2, 0) is 11.8 Å². The van der Waals surface area contributed by atoms with Crippen LogP contribution in [0.5, 0.6) is 0 Å². The molecule has 6 heteroatoms. The molecule has 1 aromatic heterocycles. The minimum absolute atomic E-state index is 0.132. The number of carbonyl (C=O) groups is 2. The summed E-state index contributed by atoms with van der Waals surface area (Å²) in [6, 6.07) is 6.92. The lowest BCUT2D eigenvalue weighted by molar-refractivity contribution is -0.114. The van der Waals surface area contributed by atoms with Crippen LogP contribution >= 0.6 is 0 Å². The zero-order valence-electron chi connectivity index (χ0n) is 11.6. The fourth-order valence-electron chi connectivity index (χ4n) is 1.76. The van der Waals surface area contributed by atoms with Gasteiger partial charge in [0, 0.05) is 31.0 Å². The number of aromatic nitrogens is 2. The lowest BCUT2D eigenvalue weighted by atomic mass is 10.2. The van der Waals surface area contributed by atoms with Crippen LogP contribution in [0.1, 0.15) is 23.0 Å². The first-order chi connectivity index (χ1) is 9.47. The van der Waals surface area contributed by atoms with E-state index in [1.807, 2.05) is 6.92 Å². The van der Waals surface area contributed by atoms with E-state index in [-0.39, 0.29) is 11.8 Å². The number of aryl methyl sites for hydroxylation is 1. The Labute approximate surface area is 116 Å². The Hall–Kier alpha value is -2.63. The minimum atomic E-state index is -0.206. The van der Waals surface area contributed by atoms with Crippen molar-refractivity contribution < 1.29 is 9.59 Å². The normalized spacial score (nSPS) is 10.2. The van der Waals surface area contributed by atoms with E-state index >= 15 is 0 Å². The molecule has 2 N–H and O–H groups in total. The van der Waals surface area contributed by atoms with E-state index in [1.165, 1.54) is 13.1 Å². The average molecular weight is 272 g/mol. The molecule has 0 fully saturated rings. The highest BCUT2D eigenvalue weighted by Gasteiger charge is 2.12. The number of carbonyl (C=O) groups excluding carboxylic acids is 2. The highest BCUT2D eigenvalue weighted by atomic mass is 16.2. The van der Waals surface area contributed by atoms with E-state index in [0.717, 1.165) is 5.69 Å². The van der Waals surface area contributed by atoms with Crippen molar-refractivity contribution in [2.45, 2.75) is 13.8 Å². The molecule has 0 unspecified atom stereocenters. The first kappa shape index (κ1) is 13.8. The number of nitrogens with one attached hydrogen (secondary N) is 2. The molecular weight excluding hydrogens is 256 g/mol. The second kappa shape index (κ2) is 5.56. The third kappa shape index (κ3) is 3.03. The van der Waals surface area contributed by atoms with Crippen molar-refractivity contribution in [3.8, 4) is 0 Å². The summed E-state index contributed by atoms with van der Waals surface area (Å²) < 4.78 is 1.65. The van der Waals surface area contributed by atoms with Gasteiger partial charge in [-0.05, 0) is 31.2 Å². The van der Waals surface area contributed by atoms with E-state index in [4.69, 9.17) is 0 Å². The third-order valence-corrected chi connectivity index (χ3v) is 2.94. The molecule has 0 atom stereocenters. The second-order valence-electron chi connectivity index (χ2n) is 4.48. The molecule has 0 saturated heterocycles. The van der Waals surface area contributed by atoms with Crippen molar-refractivity contribution in [3.63, 3.8) is 0 Å². The SMILES string of the molecule is CC(=O)Nc1ccc(NC(=O)c2cnn(C)c2C)cc1. The maximum Gasteiger partial charge on any atom is 0.259 e. The Bertz CT molecular complexity index is 644. The fraction of sp³-hybridized carbons (Fsp3) is 0.214. The summed E-state index contributed by atoms with van der Waals surface area (Å²) in [5, 5.41) is 9.49. The van der Waals surface area contributed by atoms with E-state index in [1.54, 1.807) is 36.0 Å². The molecule has 6 nitrogen and oxygen atoms in total. The molecule has 0 radical (unpaired) electrons. The summed E-state index contributed by atoms with van der Waals surface area (Å²) in [4.78, 5) is 23.0. The van der Waals surface area contributed by atoms with Gasteiger partial charge in [0.1, 0.15) is 0 Å². The maximum atomic E-state index is 12.1. The van der Waals surface area contributed by atoms with Crippen LogP contribution in [0.15, 0.2) is 30.5 Å². The molecule has 0 aliphatic carbocycles. The molecule has 2 aromatic rings. The molecule has 0 aliphatic heterocycles. The highest BCUT2D eigenvalue weighted by Crippen LogP contribution is 2.15. The Morgan fingerprint density at radius 1 is 1.10 bits per heavy atom. The molecule has 0 saturated carbocycles. The van der Waals surface area contributed by atoms with Gasteiger partial charge >= 0.3 is 0 Å². The van der Waals surface area contributed by atoms with Gasteiger partial charge in [0.2, 0.25) is 5.91 Å². The summed E-state index contributed by atoms with van der Waals surface area (Å²) in [5.74, 6) is -0.337. The molecular formula is C14H16N4O2. The number of benzene rings is 1. The first-order valence-electron chi connectivity index (χ1n) is 6.15. The van der Waals surface area contributed by atoms with E-state index in [9.17, 15) is 9.59 Å². The third-order valence-electron chi connectivity index (χ3n) is 2.94. The summed E-state index contributed by atoms with van der Waals surface area (Å²) in [6.07, 6.45) is 1.54. The monoisotopic (exact) mass is 272 g/mol. The van der Waals surface area contributed by atoms with E-state index in [0.29, 0.717) is 16.9 Å². The van der Waals surface area contributed by atoms with Crippen molar-refractivity contribution in [1.82, 2.24) is 9.78 Å². The van der Waals surface area contributed by atoms with Gasteiger partial charge in [-0.2, -0.15) is 5.10 Å². The summed E-state index contributed by atoms with van der Waals surface area (Å²) in [6.45, 7) is 3.28. The summed E-state index contributed by atoms with van der Waals surface area (Å²) in [7, 11) is 1.79. The summed E-state index contributed by atoms with van der Waals surface area (Å²) in [5.41, 5.74) is 2.69. The number of rotatable bonds is 3. The van der Waals surface area contributed by atoms with Crippen LogP contribution in [0.25, 0.3) is 0 Å². The van der Waals surface area contributed by atoms with Crippen LogP contribution in [-0.4, -0.2) is 21.6 Å². The van der Waals surface area contributed by atoms with Crippen molar-refractivity contribution in [3.05, 3.63) is 41.7 Å². The number of anilines is 2. The highest BCUT2D eigenvalue weighted by molar-refractivity contribution is 6.05. The first-order valence-corrected chi connectivity index (χ1v) is 6.15. The zero-order chi connectivity index (χ0) is 14.7. The van der Waals surface area contributed by atoms with Gasteiger partial charge in [-0.15, -0.1) is 0 Å². The molecule has 0 spiro atoms. The van der Waals surface area contributed by atoms with Crippen LogP contribution in [0.2, 0.25) is 0 Å². The predicted octanol–water partition coefficient (Wildman–Crippen LogP) is 1.94. The van der Waals surface area contributed by atoms with Crippen molar-refractivity contribution in [2.24, 2.45) is 7.05 Å². The lowest BCUT2D eigenvalue weighted by Gasteiger charge is -2.06. The standard InChI is InChI=1S/C14H16N4O2/c1-9-13(8-15-18(9)3)14(20)17-12-6-4-11(5-7-12)16-10(2)19/h4-8H,1-3H3,(H,16,19)(H,17,20). The van der Waals surface area contributed by atoms with Gasteiger partial charge in [-0.25, -0.2) is 0 Å². The van der Waals surface area contributed by atoms with Crippen LogP contribution < -0.4 is 10.6 Å². The molecule has 0 aliphatic rings. The largest absolute Gasteiger partial charge is 0.326 e. The Kier molecular flexibility index (Phi) is 3.84. The number of amides is 2. The average Bonchev–Trinajstić information content (AvgIpc) is 2.72. The van der Waals surface area contributed by atoms with Crippen LogP contribution in [0.4, 0.5) is 11.4 Å². The van der Waals surface area contributed by atoms with Crippen molar-refractivity contribution >= 4 is 23.2 Å². The molecule has 2 rings (SSSR count). The minimum Gasteiger partial charge on any atom is -0.326 e. The molecule has 20 heavy (non-hydrogen) atoms. The zero-order valence-corrected chi connectivity index (χ0v) is 11.6. The molecule has 0 bridgehead atoms. The van der Waals surface area contributed by atoms with Crippen molar-refractivity contribution in [1.29, 1.82) is 0 Å². The quantitative estimate of drug-likeness (QED) is 0.896. The smallest absolute Gasteiger partial charge is 0.259 e. The summed E-state index contributed by atoms with van der Waals surface area (Å²) >= 11 is 0. The Balaban J connectivity index is 2.08. The topological polar surface area (TPSA) is 76.0 Å². The van der Waals surface area contributed by atoms with Crippen LogP contribution in [0, 0.1) is 6.92 Å². The Morgan fingerprint density at radius 2 is 1.65 bits per heavy atom. The van der Waals surface area contributed by atoms with Crippen molar-refractivity contribution in [2.75, 3.05) is 10.6 Å². The van der Waals surface area contributed by atoms with Gasteiger partial charge in [0.05, 0.1) is 11.8 Å². The van der Waals surface area contributed by atoms with E-state index < -0.39 is 0 Å². The lowest BCUT2D eigenvalue weighted by Crippen LogP contribution is -2.13. The molecule has 104 valence electrons. The van der Waals surface area contributed by atoms with Gasteiger partial charge in [-0.3, -0.25) is 14.3 Å². The fourth-order valence-corrected chi connectivity index (χ4v) is 1.76. The predicted molar refractivity (Wildman–Crippen MR) is 76.6 cm³/mol.